The van der Waals surface area contributed by atoms with Crippen molar-refractivity contribution in [3.63, 3.8) is 0 Å². The van der Waals surface area contributed by atoms with Crippen LogP contribution in [0.15, 0.2) is 70.9 Å². The molecule has 0 atom stereocenters. The molecule has 0 bridgehead atoms. The fourth-order valence-corrected chi connectivity index (χ4v) is 6.34. The summed E-state index contributed by atoms with van der Waals surface area (Å²) < 4.78 is 28.0. The molecule has 0 radical (unpaired) electrons. The zero-order valence-corrected chi connectivity index (χ0v) is 19.0. The van der Waals surface area contributed by atoms with E-state index >= 15 is 0 Å². The summed E-state index contributed by atoms with van der Waals surface area (Å²) in [7, 11) is -3.73. The minimum Gasteiger partial charge on any atom is -0.369 e. The standard InChI is InChI=1S/C23H25N3O3S2/c1-18-7-9-19(10-8-18)17-24-23(27)22-21(11-16-30-22)31(28,29)26-14-12-25(13-15-26)20-5-3-2-4-6-20/h2-11,16H,12-15,17H2,1H3,(H,24,27). The van der Waals surface area contributed by atoms with Gasteiger partial charge in [0.15, 0.2) is 0 Å². The maximum absolute atomic E-state index is 13.3. The Labute approximate surface area is 187 Å². The van der Waals surface area contributed by atoms with E-state index in [-0.39, 0.29) is 15.7 Å². The SMILES string of the molecule is Cc1ccc(CNC(=O)c2sccc2S(=O)(=O)N2CCN(c3ccccc3)CC2)cc1. The van der Waals surface area contributed by atoms with E-state index in [1.54, 1.807) is 5.38 Å². The number of hydrogen-bond donors (Lipinski definition) is 1. The summed E-state index contributed by atoms with van der Waals surface area (Å²) >= 11 is 1.16. The molecule has 2 heterocycles. The maximum Gasteiger partial charge on any atom is 0.263 e. The maximum atomic E-state index is 13.3. The molecule has 0 saturated carbocycles. The average Bonchev–Trinajstić information content (AvgIpc) is 3.30. The number of nitrogens with zero attached hydrogens (tertiary/aromatic N) is 2. The Kier molecular flexibility index (Phi) is 6.41. The van der Waals surface area contributed by atoms with Gasteiger partial charge in [-0.3, -0.25) is 4.79 Å². The predicted octanol–water partition coefficient (Wildman–Crippen LogP) is 3.50. The molecule has 162 valence electrons. The van der Waals surface area contributed by atoms with E-state index in [9.17, 15) is 13.2 Å². The van der Waals surface area contributed by atoms with Gasteiger partial charge in [0.1, 0.15) is 9.77 Å². The first kappa shape index (κ1) is 21.5. The van der Waals surface area contributed by atoms with Crippen LogP contribution in [-0.2, 0) is 16.6 Å². The molecule has 4 rings (SSSR count). The summed E-state index contributed by atoms with van der Waals surface area (Å²) in [4.78, 5) is 15.2. The van der Waals surface area contributed by atoms with Crippen molar-refractivity contribution in [3.8, 4) is 0 Å². The number of carbonyl (C=O) groups is 1. The minimum absolute atomic E-state index is 0.0899. The number of benzene rings is 2. The number of anilines is 1. The molecule has 0 aliphatic carbocycles. The van der Waals surface area contributed by atoms with Gasteiger partial charge >= 0.3 is 0 Å². The Morgan fingerprint density at radius 3 is 2.32 bits per heavy atom. The molecule has 1 aliphatic rings. The van der Waals surface area contributed by atoms with Gasteiger partial charge in [0.25, 0.3) is 5.91 Å². The zero-order chi connectivity index (χ0) is 21.8. The number of thiophene rings is 1. The van der Waals surface area contributed by atoms with E-state index in [1.807, 2.05) is 61.5 Å². The van der Waals surface area contributed by atoms with Gasteiger partial charge in [-0.15, -0.1) is 11.3 Å². The van der Waals surface area contributed by atoms with E-state index < -0.39 is 10.0 Å². The third-order valence-electron chi connectivity index (χ3n) is 5.39. The van der Waals surface area contributed by atoms with Gasteiger partial charge in [-0.1, -0.05) is 48.0 Å². The van der Waals surface area contributed by atoms with Crippen LogP contribution >= 0.6 is 11.3 Å². The van der Waals surface area contributed by atoms with Crippen LogP contribution in [0.1, 0.15) is 20.8 Å². The lowest BCUT2D eigenvalue weighted by Crippen LogP contribution is -2.48. The third kappa shape index (κ3) is 4.81. The summed E-state index contributed by atoms with van der Waals surface area (Å²) in [6.07, 6.45) is 0. The van der Waals surface area contributed by atoms with Gasteiger partial charge in [0, 0.05) is 38.4 Å². The molecule has 1 aromatic heterocycles. The van der Waals surface area contributed by atoms with Crippen molar-refractivity contribution in [3.05, 3.63) is 82.0 Å². The van der Waals surface area contributed by atoms with Crippen LogP contribution in [0.25, 0.3) is 0 Å². The second kappa shape index (κ2) is 9.21. The van der Waals surface area contributed by atoms with Crippen LogP contribution in [0.3, 0.4) is 0 Å². The highest BCUT2D eigenvalue weighted by Crippen LogP contribution is 2.27. The molecule has 31 heavy (non-hydrogen) atoms. The minimum atomic E-state index is -3.73. The van der Waals surface area contributed by atoms with E-state index in [4.69, 9.17) is 0 Å². The fourth-order valence-electron chi connectivity index (χ4n) is 3.60. The molecule has 1 amide bonds. The topological polar surface area (TPSA) is 69.7 Å². The molecular weight excluding hydrogens is 430 g/mol. The second-order valence-corrected chi connectivity index (χ2v) is 10.3. The van der Waals surface area contributed by atoms with Crippen LogP contribution in [0.2, 0.25) is 0 Å². The van der Waals surface area contributed by atoms with Crippen molar-refractivity contribution in [1.82, 2.24) is 9.62 Å². The number of nitrogens with one attached hydrogen (secondary N) is 1. The zero-order valence-electron chi connectivity index (χ0n) is 17.3. The first-order chi connectivity index (χ1) is 14.9. The van der Waals surface area contributed by atoms with Crippen LogP contribution < -0.4 is 10.2 Å². The van der Waals surface area contributed by atoms with Crippen LogP contribution in [0.5, 0.6) is 0 Å². The Hall–Kier alpha value is -2.68. The summed E-state index contributed by atoms with van der Waals surface area (Å²) in [5.41, 5.74) is 3.21. The molecule has 1 saturated heterocycles. The van der Waals surface area contributed by atoms with Gasteiger partial charge in [0.05, 0.1) is 0 Å². The van der Waals surface area contributed by atoms with Gasteiger partial charge in [0.2, 0.25) is 10.0 Å². The van der Waals surface area contributed by atoms with Crippen molar-refractivity contribution in [2.45, 2.75) is 18.4 Å². The molecule has 1 aliphatic heterocycles. The van der Waals surface area contributed by atoms with E-state index in [1.165, 1.54) is 10.4 Å². The Bertz CT molecular complexity index is 1130. The number of carbonyl (C=O) groups excluding carboxylic acids is 1. The highest BCUT2D eigenvalue weighted by Gasteiger charge is 2.32. The highest BCUT2D eigenvalue weighted by molar-refractivity contribution is 7.89. The molecule has 0 spiro atoms. The third-order valence-corrected chi connectivity index (χ3v) is 8.37. The van der Waals surface area contributed by atoms with E-state index in [0.29, 0.717) is 32.7 Å². The lowest BCUT2D eigenvalue weighted by Gasteiger charge is -2.35. The summed E-state index contributed by atoms with van der Waals surface area (Å²) in [5, 5.41) is 4.51. The summed E-state index contributed by atoms with van der Waals surface area (Å²) in [6, 6.07) is 19.4. The number of rotatable bonds is 6. The van der Waals surface area contributed by atoms with Crippen LogP contribution in [0.4, 0.5) is 5.69 Å². The van der Waals surface area contributed by atoms with Crippen molar-refractivity contribution in [2.24, 2.45) is 0 Å². The largest absolute Gasteiger partial charge is 0.369 e. The Morgan fingerprint density at radius 2 is 1.65 bits per heavy atom. The molecule has 1 N–H and O–H groups in total. The molecule has 0 unspecified atom stereocenters. The van der Waals surface area contributed by atoms with Gasteiger partial charge in [-0.25, -0.2) is 8.42 Å². The predicted molar refractivity (Wildman–Crippen MR) is 124 cm³/mol. The first-order valence-electron chi connectivity index (χ1n) is 10.2. The highest BCUT2D eigenvalue weighted by atomic mass is 32.2. The molecule has 3 aromatic rings. The van der Waals surface area contributed by atoms with Gasteiger partial charge in [-0.2, -0.15) is 4.31 Å². The fraction of sp³-hybridized carbons (Fsp3) is 0.261. The lowest BCUT2D eigenvalue weighted by molar-refractivity contribution is 0.0952. The number of aryl methyl sites for hydroxylation is 1. The van der Waals surface area contributed by atoms with Crippen molar-refractivity contribution in [1.29, 1.82) is 0 Å². The number of hydrogen-bond acceptors (Lipinski definition) is 5. The van der Waals surface area contributed by atoms with Gasteiger partial charge < -0.3 is 10.2 Å². The number of para-hydroxylation sites is 1. The Balaban J connectivity index is 1.43. The quantitative estimate of drug-likeness (QED) is 0.618. The average molecular weight is 456 g/mol. The molecule has 8 heteroatoms. The smallest absolute Gasteiger partial charge is 0.263 e. The van der Waals surface area contributed by atoms with Crippen molar-refractivity contribution in [2.75, 3.05) is 31.1 Å². The summed E-state index contributed by atoms with van der Waals surface area (Å²) in [5.74, 6) is -0.364. The number of amides is 1. The normalized spacial score (nSPS) is 15.1. The molecule has 6 nitrogen and oxygen atoms in total. The molecule has 2 aromatic carbocycles. The van der Waals surface area contributed by atoms with E-state index in [2.05, 4.69) is 10.2 Å². The molecule has 1 fully saturated rings. The summed E-state index contributed by atoms with van der Waals surface area (Å²) in [6.45, 7) is 4.36. The Morgan fingerprint density at radius 1 is 0.968 bits per heavy atom. The van der Waals surface area contributed by atoms with Crippen molar-refractivity contribution < 1.29 is 13.2 Å². The monoisotopic (exact) mass is 455 g/mol. The number of sulfonamides is 1. The first-order valence-corrected chi connectivity index (χ1v) is 12.5. The second-order valence-electron chi connectivity index (χ2n) is 7.51. The van der Waals surface area contributed by atoms with E-state index in [0.717, 1.165) is 28.2 Å². The lowest BCUT2D eigenvalue weighted by atomic mass is 10.1. The van der Waals surface area contributed by atoms with Crippen LogP contribution in [0, 0.1) is 6.92 Å². The molecular formula is C23H25N3O3S2. The van der Waals surface area contributed by atoms with Crippen LogP contribution in [-0.4, -0.2) is 44.8 Å². The van der Waals surface area contributed by atoms with Crippen molar-refractivity contribution >= 4 is 33.0 Å². The van der Waals surface area contributed by atoms with Gasteiger partial charge in [-0.05, 0) is 36.1 Å². The number of piperazine rings is 1.